The molecule has 2 aromatic heterocycles. The normalized spacial score (nSPS) is 23.2. The van der Waals surface area contributed by atoms with Gasteiger partial charge >= 0.3 is 0 Å². The van der Waals surface area contributed by atoms with E-state index >= 15 is 4.39 Å². The molecule has 18 heteroatoms. The molecular weight excluding hydrogens is 739 g/mol. The van der Waals surface area contributed by atoms with Crippen LogP contribution in [0.5, 0.6) is 0 Å². The lowest BCUT2D eigenvalue weighted by Gasteiger charge is -2.37. The summed E-state index contributed by atoms with van der Waals surface area (Å²) in [6, 6.07) is 9.77. The van der Waals surface area contributed by atoms with Crippen molar-refractivity contribution in [2.45, 2.75) is 62.8 Å². The van der Waals surface area contributed by atoms with Crippen molar-refractivity contribution in [1.29, 1.82) is 0 Å². The van der Waals surface area contributed by atoms with Gasteiger partial charge in [-0.15, -0.1) is 12.4 Å². The fourth-order valence-corrected chi connectivity index (χ4v) is 8.06. The number of aromatic nitrogens is 4. The van der Waals surface area contributed by atoms with Crippen molar-refractivity contribution in [2.75, 3.05) is 84.2 Å². The molecule has 10 N–H and O–H groups in total. The van der Waals surface area contributed by atoms with Crippen molar-refractivity contribution < 1.29 is 9.18 Å². The number of halogens is 2. The van der Waals surface area contributed by atoms with Gasteiger partial charge in [0.05, 0.1) is 11.2 Å². The molecule has 1 amide bonds. The zero-order chi connectivity index (χ0) is 38.4. The van der Waals surface area contributed by atoms with Crippen molar-refractivity contribution in [3.05, 3.63) is 64.2 Å². The molecule has 56 heavy (non-hydrogen) atoms. The molecule has 4 aliphatic rings. The van der Waals surface area contributed by atoms with E-state index in [9.17, 15) is 9.59 Å². The minimum Gasteiger partial charge on any atom is -0.367 e. The van der Waals surface area contributed by atoms with Gasteiger partial charge in [0.25, 0.3) is 5.91 Å². The van der Waals surface area contributed by atoms with Crippen LogP contribution >= 0.6 is 12.4 Å². The molecule has 8 rings (SSSR count). The lowest BCUT2D eigenvalue weighted by Crippen LogP contribution is -2.54. The van der Waals surface area contributed by atoms with Crippen LogP contribution in [-0.4, -0.2) is 113 Å². The number of nitrogens with zero attached hydrogens (tertiary/aromatic N) is 8. The van der Waals surface area contributed by atoms with Crippen LogP contribution in [0.4, 0.5) is 39.3 Å². The Kier molecular flexibility index (Phi) is 11.6. The van der Waals surface area contributed by atoms with Gasteiger partial charge in [-0.25, -0.2) is 4.39 Å². The summed E-state index contributed by atoms with van der Waals surface area (Å²) in [5.74, 6) is 0.194. The van der Waals surface area contributed by atoms with Crippen molar-refractivity contribution in [1.82, 2.24) is 24.4 Å². The third-order valence-corrected chi connectivity index (χ3v) is 11.1. The van der Waals surface area contributed by atoms with Gasteiger partial charge in [-0.1, -0.05) is 6.92 Å². The number of likely N-dealkylation sites (N-methyl/N-ethyl adjacent to an activating group) is 1. The third-order valence-electron chi connectivity index (χ3n) is 11.1. The predicted molar refractivity (Wildman–Crippen MR) is 221 cm³/mol. The first-order chi connectivity index (χ1) is 26.5. The second kappa shape index (κ2) is 16.4. The summed E-state index contributed by atoms with van der Waals surface area (Å²) in [6.45, 7) is 8.43. The summed E-state index contributed by atoms with van der Waals surface area (Å²) < 4.78 is 17.6. The SMILES string of the molecule is CCN1CCN(c2cc3c(cc2F)c(=O)c(C(=O)Nc2ccc(Nc4nc(N5C[C@H](N)C[C@H](N)C5)nc(N5C[C@H](N)C[C@H](N)C5)n4)cc2)cn3C2CC2)CC1.Cl. The second-order valence-electron chi connectivity index (χ2n) is 15.5. The predicted octanol–water partition coefficient (Wildman–Crippen LogP) is 1.95. The van der Waals surface area contributed by atoms with Crippen LogP contribution in [0.1, 0.15) is 49.0 Å². The van der Waals surface area contributed by atoms with Gasteiger partial charge in [-0.3, -0.25) is 9.59 Å². The van der Waals surface area contributed by atoms with Gasteiger partial charge < -0.3 is 57.7 Å². The Labute approximate surface area is 331 Å². The van der Waals surface area contributed by atoms with E-state index in [4.69, 9.17) is 37.9 Å². The second-order valence-corrected chi connectivity index (χ2v) is 15.5. The molecule has 4 fully saturated rings. The molecule has 4 aromatic rings. The van der Waals surface area contributed by atoms with Crippen molar-refractivity contribution >= 4 is 64.1 Å². The topological polar surface area (TPSA) is 219 Å². The number of fused-ring (bicyclic) bond motifs is 1. The Hall–Kier alpha value is -4.65. The highest BCUT2D eigenvalue weighted by Gasteiger charge is 2.31. The largest absolute Gasteiger partial charge is 0.367 e. The number of carbonyl (C=O) groups is 1. The monoisotopic (exact) mass is 790 g/mol. The Balaban J connectivity index is 0.00000480. The molecule has 300 valence electrons. The minimum absolute atomic E-state index is 0. The zero-order valence-electron chi connectivity index (χ0n) is 31.6. The average molecular weight is 791 g/mol. The van der Waals surface area contributed by atoms with Crippen LogP contribution in [0, 0.1) is 5.82 Å². The minimum atomic E-state index is -0.565. The van der Waals surface area contributed by atoms with E-state index in [1.165, 1.54) is 6.07 Å². The van der Waals surface area contributed by atoms with E-state index in [-0.39, 0.29) is 53.6 Å². The number of hydrogen-bond acceptors (Lipinski definition) is 14. The maximum atomic E-state index is 15.6. The molecule has 0 spiro atoms. The summed E-state index contributed by atoms with van der Waals surface area (Å²) >= 11 is 0. The van der Waals surface area contributed by atoms with E-state index in [0.717, 1.165) is 32.5 Å². The van der Waals surface area contributed by atoms with E-state index in [2.05, 4.69) is 22.5 Å². The van der Waals surface area contributed by atoms with Gasteiger partial charge in [-0.2, -0.15) is 15.0 Å². The smallest absolute Gasteiger partial charge is 0.261 e. The van der Waals surface area contributed by atoms with Gasteiger partial charge in [0.1, 0.15) is 11.4 Å². The molecule has 3 aliphatic heterocycles. The van der Waals surface area contributed by atoms with Crippen molar-refractivity contribution in [3.8, 4) is 0 Å². The number of anilines is 6. The van der Waals surface area contributed by atoms with E-state index in [0.29, 0.717) is 92.5 Å². The number of piperazine rings is 1. The summed E-state index contributed by atoms with van der Waals surface area (Å²) in [6.07, 6.45) is 4.92. The number of rotatable bonds is 9. The third kappa shape index (κ3) is 8.52. The molecule has 0 radical (unpaired) electrons. The highest BCUT2D eigenvalue weighted by atomic mass is 35.5. The molecule has 0 bridgehead atoms. The fourth-order valence-electron chi connectivity index (χ4n) is 8.06. The molecule has 1 saturated carbocycles. The van der Waals surface area contributed by atoms with E-state index in [1.807, 2.05) is 19.3 Å². The lowest BCUT2D eigenvalue weighted by atomic mass is 10.0. The number of benzene rings is 2. The number of amides is 1. The highest BCUT2D eigenvalue weighted by molar-refractivity contribution is 6.06. The number of pyridine rings is 1. The number of piperidine rings is 2. The van der Waals surface area contributed by atoms with Gasteiger partial charge in [0.15, 0.2) is 0 Å². The van der Waals surface area contributed by atoms with Crippen molar-refractivity contribution in [2.24, 2.45) is 22.9 Å². The Bertz CT molecular complexity index is 2040. The summed E-state index contributed by atoms with van der Waals surface area (Å²) in [5.41, 5.74) is 26.9. The first-order valence-electron chi connectivity index (χ1n) is 19.3. The average Bonchev–Trinajstić information content (AvgIpc) is 4.01. The summed E-state index contributed by atoms with van der Waals surface area (Å²) in [4.78, 5) is 50.0. The van der Waals surface area contributed by atoms with E-state index < -0.39 is 17.2 Å². The Morgan fingerprint density at radius 2 is 1.36 bits per heavy atom. The zero-order valence-corrected chi connectivity index (χ0v) is 32.4. The Morgan fingerprint density at radius 3 is 1.89 bits per heavy atom. The molecule has 3 saturated heterocycles. The maximum absolute atomic E-state index is 15.6. The van der Waals surface area contributed by atoms with Crippen LogP contribution in [0.15, 0.2) is 47.4 Å². The molecule has 2 aromatic carbocycles. The van der Waals surface area contributed by atoms with Crippen LogP contribution in [0.25, 0.3) is 10.9 Å². The molecule has 4 atom stereocenters. The number of nitrogens with one attached hydrogen (secondary N) is 2. The van der Waals surface area contributed by atoms with Gasteiger partial charge in [0, 0.05) is 106 Å². The number of carbonyl (C=O) groups excluding carboxylic acids is 1. The van der Waals surface area contributed by atoms with E-state index in [1.54, 1.807) is 36.5 Å². The lowest BCUT2D eigenvalue weighted by molar-refractivity contribution is 0.102. The number of nitrogens with two attached hydrogens (primary N) is 4. The van der Waals surface area contributed by atoms with Gasteiger partial charge in [-0.05, 0) is 68.6 Å². The van der Waals surface area contributed by atoms with Crippen LogP contribution < -0.4 is 53.7 Å². The molecule has 0 unspecified atom stereocenters. The molecule has 5 heterocycles. The molecular formula is C38H52ClFN14O2. The summed E-state index contributed by atoms with van der Waals surface area (Å²) in [7, 11) is 0. The quantitative estimate of drug-likeness (QED) is 0.143. The first kappa shape index (κ1) is 39.6. The first-order valence-corrected chi connectivity index (χ1v) is 19.3. The fraction of sp³-hybridized carbons (Fsp3) is 0.500. The van der Waals surface area contributed by atoms with Crippen LogP contribution in [0.3, 0.4) is 0 Å². The van der Waals surface area contributed by atoms with Crippen LogP contribution in [-0.2, 0) is 0 Å². The number of hydrogen-bond donors (Lipinski definition) is 6. The summed E-state index contributed by atoms with van der Waals surface area (Å²) in [5, 5.41) is 6.33. The van der Waals surface area contributed by atoms with Crippen molar-refractivity contribution in [3.63, 3.8) is 0 Å². The molecule has 16 nitrogen and oxygen atoms in total. The standard InChI is InChI=1S/C38H51FN14O2.ClH/c1-2-49-9-11-50(12-10-49)33-16-32-29(15-31(33)39)34(54)30(21-53(32)28-7-8-28)35(55)44-26-3-5-27(6-4-26)45-36-46-37(51-17-22(40)13-23(41)18-51)48-38(47-36)52-19-24(42)14-25(43)20-52;/h3-6,15-16,21-25,28H,2,7-14,17-20,40-43H2,1H3,(H,44,55)(H,45,46,47,48);1H/t22-,23+,24-,25+;. The maximum Gasteiger partial charge on any atom is 0.261 e. The molecule has 1 aliphatic carbocycles. The van der Waals surface area contributed by atoms with Crippen LogP contribution in [0.2, 0.25) is 0 Å². The van der Waals surface area contributed by atoms with Gasteiger partial charge in [0.2, 0.25) is 23.3 Å². The Morgan fingerprint density at radius 1 is 0.804 bits per heavy atom. The highest BCUT2D eigenvalue weighted by Crippen LogP contribution is 2.38.